The van der Waals surface area contributed by atoms with Crippen LogP contribution in [-0.4, -0.2) is 29.2 Å². The van der Waals surface area contributed by atoms with E-state index in [1.165, 1.54) is 0 Å². The number of rotatable bonds is 3. The number of hydrogen-bond acceptors (Lipinski definition) is 6. The van der Waals surface area contributed by atoms with Gasteiger partial charge in [0.05, 0.1) is 0 Å². The number of carbonyl (C=O) groups excluding carboxylic acids is 2. The molecule has 0 aliphatic rings. The van der Waals surface area contributed by atoms with Gasteiger partial charge in [-0.25, -0.2) is 9.78 Å². The number of carboxylic acid groups (broad SMARTS) is 1. The smallest absolute Gasteiger partial charge is 0.407 e. The Kier molecular flexibility index (Phi) is 5.53. The number of amides is 1. The van der Waals surface area contributed by atoms with Crippen molar-refractivity contribution in [3.8, 4) is 11.8 Å². The molecule has 0 fully saturated rings. The second-order valence-electron chi connectivity index (χ2n) is 4.81. The van der Waals surface area contributed by atoms with Crippen molar-refractivity contribution in [3.05, 3.63) is 16.1 Å². The highest BCUT2D eigenvalue weighted by atomic mass is 32.1. The van der Waals surface area contributed by atoms with Gasteiger partial charge in [0, 0.05) is 18.3 Å². The standard InChI is InChI=1S/C13H16N2O4S/c1-13(2,3)19-12(18)14-7-5-4-6-9-8-20-10(15-9)11(16)17/h8H,5,7H2,1-3H3,(H,14,18)(H,16,17)/p-1. The van der Waals surface area contributed by atoms with Gasteiger partial charge in [0.25, 0.3) is 0 Å². The Balaban J connectivity index is 2.33. The Morgan fingerprint density at radius 1 is 1.50 bits per heavy atom. The van der Waals surface area contributed by atoms with E-state index in [1.54, 1.807) is 26.2 Å². The molecule has 0 bridgehead atoms. The van der Waals surface area contributed by atoms with Crippen LogP contribution in [0.25, 0.3) is 0 Å². The number of hydrogen-bond donors (Lipinski definition) is 1. The van der Waals surface area contributed by atoms with Gasteiger partial charge in [0.1, 0.15) is 22.3 Å². The van der Waals surface area contributed by atoms with E-state index in [4.69, 9.17) is 4.74 Å². The van der Waals surface area contributed by atoms with Crippen LogP contribution in [0.15, 0.2) is 5.38 Å². The van der Waals surface area contributed by atoms with Gasteiger partial charge in [-0.15, -0.1) is 11.3 Å². The van der Waals surface area contributed by atoms with E-state index < -0.39 is 17.7 Å². The van der Waals surface area contributed by atoms with Crippen molar-refractivity contribution in [2.75, 3.05) is 6.54 Å². The van der Waals surface area contributed by atoms with E-state index >= 15 is 0 Å². The summed E-state index contributed by atoms with van der Waals surface area (Å²) in [6.45, 7) is 5.69. The van der Waals surface area contributed by atoms with E-state index in [-0.39, 0.29) is 5.01 Å². The van der Waals surface area contributed by atoms with Crippen molar-refractivity contribution >= 4 is 23.4 Å². The zero-order chi connectivity index (χ0) is 15.2. The van der Waals surface area contributed by atoms with Crippen molar-refractivity contribution in [1.29, 1.82) is 0 Å². The number of ether oxygens (including phenoxy) is 1. The first-order chi connectivity index (χ1) is 9.28. The Morgan fingerprint density at radius 2 is 2.20 bits per heavy atom. The maximum atomic E-state index is 11.3. The molecule has 1 heterocycles. The number of carboxylic acids is 1. The zero-order valence-electron chi connectivity index (χ0n) is 11.5. The van der Waals surface area contributed by atoms with E-state index in [1.807, 2.05) is 0 Å². The van der Waals surface area contributed by atoms with E-state index in [9.17, 15) is 14.7 Å². The molecule has 1 N–H and O–H groups in total. The average molecular weight is 295 g/mol. The fourth-order valence-electron chi connectivity index (χ4n) is 1.12. The monoisotopic (exact) mass is 295 g/mol. The lowest BCUT2D eigenvalue weighted by Gasteiger charge is -2.19. The fraction of sp³-hybridized carbons (Fsp3) is 0.462. The summed E-state index contributed by atoms with van der Waals surface area (Å²) in [5, 5.41) is 14.5. The summed E-state index contributed by atoms with van der Waals surface area (Å²) in [5.74, 6) is 4.18. The topological polar surface area (TPSA) is 91.3 Å². The Bertz CT molecular complexity index is 549. The molecule has 0 unspecified atom stereocenters. The summed E-state index contributed by atoms with van der Waals surface area (Å²) >= 11 is 0.967. The molecule has 6 nitrogen and oxygen atoms in total. The summed E-state index contributed by atoms with van der Waals surface area (Å²) in [4.78, 5) is 25.6. The molecule has 0 atom stereocenters. The SMILES string of the molecule is CC(C)(C)OC(=O)NCCC#Cc1csc(C(=O)[O-])n1. The molecule has 1 amide bonds. The summed E-state index contributed by atoms with van der Waals surface area (Å²) in [6.07, 6.45) is -0.0792. The second-order valence-corrected chi connectivity index (χ2v) is 5.66. The average Bonchev–Trinajstić information content (AvgIpc) is 2.75. The van der Waals surface area contributed by atoms with Crippen molar-refractivity contribution in [2.24, 2.45) is 0 Å². The molecule has 108 valence electrons. The van der Waals surface area contributed by atoms with Crippen LogP contribution in [-0.2, 0) is 4.74 Å². The van der Waals surface area contributed by atoms with Gasteiger partial charge in [0.2, 0.25) is 0 Å². The quantitative estimate of drug-likeness (QED) is 0.657. The van der Waals surface area contributed by atoms with Crippen molar-refractivity contribution in [1.82, 2.24) is 10.3 Å². The number of carbonyl (C=O) groups is 2. The first-order valence-electron chi connectivity index (χ1n) is 5.90. The first-order valence-corrected chi connectivity index (χ1v) is 6.78. The van der Waals surface area contributed by atoms with Crippen LogP contribution in [0.4, 0.5) is 4.79 Å². The molecule has 7 heteroatoms. The lowest BCUT2D eigenvalue weighted by Crippen LogP contribution is -2.32. The largest absolute Gasteiger partial charge is 0.542 e. The predicted molar refractivity (Wildman–Crippen MR) is 72.2 cm³/mol. The minimum Gasteiger partial charge on any atom is -0.542 e. The van der Waals surface area contributed by atoms with Crippen LogP contribution < -0.4 is 10.4 Å². The van der Waals surface area contributed by atoms with Crippen LogP contribution in [0.1, 0.15) is 42.7 Å². The number of nitrogens with one attached hydrogen (secondary N) is 1. The third kappa shape index (κ3) is 6.20. The highest BCUT2D eigenvalue weighted by molar-refractivity contribution is 7.11. The maximum absolute atomic E-state index is 11.3. The van der Waals surface area contributed by atoms with Crippen LogP contribution in [0.2, 0.25) is 0 Å². The van der Waals surface area contributed by atoms with Crippen molar-refractivity contribution < 1.29 is 19.4 Å². The molecular weight excluding hydrogens is 280 g/mol. The molecule has 0 spiro atoms. The van der Waals surface area contributed by atoms with Gasteiger partial charge in [-0.1, -0.05) is 5.92 Å². The molecule has 1 aromatic heterocycles. The molecule has 0 aliphatic heterocycles. The Labute approximate surface area is 121 Å². The van der Waals surface area contributed by atoms with Gasteiger partial charge in [-0.2, -0.15) is 0 Å². The fourth-order valence-corrected chi connectivity index (χ4v) is 1.70. The Hall–Kier alpha value is -2.07. The van der Waals surface area contributed by atoms with Gasteiger partial charge in [-0.05, 0) is 26.7 Å². The lowest BCUT2D eigenvalue weighted by atomic mass is 10.2. The number of aromatic carboxylic acids is 1. The molecule has 1 aromatic rings. The highest BCUT2D eigenvalue weighted by Crippen LogP contribution is 2.07. The second kappa shape index (κ2) is 6.91. The van der Waals surface area contributed by atoms with E-state index in [2.05, 4.69) is 22.1 Å². The normalized spacial score (nSPS) is 10.3. The molecule has 0 aromatic carbocycles. The summed E-state index contributed by atoms with van der Waals surface area (Å²) < 4.78 is 5.05. The van der Waals surface area contributed by atoms with Gasteiger partial charge in [-0.3, -0.25) is 0 Å². The molecule has 0 saturated heterocycles. The molecular formula is C13H15N2O4S-. The first kappa shape index (κ1) is 16.0. The number of nitrogens with zero attached hydrogens (tertiary/aromatic N) is 1. The number of aromatic nitrogens is 1. The Morgan fingerprint density at radius 3 is 2.75 bits per heavy atom. The van der Waals surface area contributed by atoms with Crippen LogP contribution in [0.3, 0.4) is 0 Å². The molecule has 20 heavy (non-hydrogen) atoms. The van der Waals surface area contributed by atoms with Gasteiger partial charge >= 0.3 is 6.09 Å². The van der Waals surface area contributed by atoms with Crippen molar-refractivity contribution in [3.63, 3.8) is 0 Å². The highest BCUT2D eigenvalue weighted by Gasteiger charge is 2.15. The van der Waals surface area contributed by atoms with Crippen molar-refractivity contribution in [2.45, 2.75) is 32.8 Å². The van der Waals surface area contributed by atoms with E-state index in [0.717, 1.165) is 11.3 Å². The minimum atomic E-state index is -1.31. The minimum absolute atomic E-state index is 0.0961. The predicted octanol–water partition coefficient (Wildman–Crippen LogP) is 0.773. The number of alkyl carbamates (subject to hydrolysis) is 1. The number of thiazole rings is 1. The van der Waals surface area contributed by atoms with Crippen LogP contribution >= 0.6 is 11.3 Å². The van der Waals surface area contributed by atoms with E-state index in [0.29, 0.717) is 18.7 Å². The maximum Gasteiger partial charge on any atom is 0.407 e. The molecule has 1 rings (SSSR count). The molecule has 0 aliphatic carbocycles. The summed E-state index contributed by atoms with van der Waals surface area (Å²) in [6, 6.07) is 0. The third-order valence-electron chi connectivity index (χ3n) is 1.81. The zero-order valence-corrected chi connectivity index (χ0v) is 12.3. The summed E-state index contributed by atoms with van der Waals surface area (Å²) in [7, 11) is 0. The lowest BCUT2D eigenvalue weighted by molar-refractivity contribution is -0.255. The molecule has 0 radical (unpaired) electrons. The van der Waals surface area contributed by atoms with Crippen LogP contribution in [0, 0.1) is 11.8 Å². The molecule has 0 saturated carbocycles. The third-order valence-corrected chi connectivity index (χ3v) is 2.64. The van der Waals surface area contributed by atoms with Gasteiger partial charge in [0.15, 0.2) is 0 Å². The van der Waals surface area contributed by atoms with Crippen LogP contribution in [0.5, 0.6) is 0 Å². The van der Waals surface area contributed by atoms with Gasteiger partial charge < -0.3 is 20.0 Å². The summed E-state index contributed by atoms with van der Waals surface area (Å²) in [5.41, 5.74) is -0.149.